The summed E-state index contributed by atoms with van der Waals surface area (Å²) in [5.74, 6) is -0.157. The van der Waals surface area contributed by atoms with E-state index in [0.29, 0.717) is 29.4 Å². The van der Waals surface area contributed by atoms with Gasteiger partial charge in [0.2, 0.25) is 5.91 Å². The average molecular weight is 267 g/mol. The summed E-state index contributed by atoms with van der Waals surface area (Å²) in [6, 6.07) is 1.77. The first-order chi connectivity index (χ1) is 8.52. The highest BCUT2D eigenvalue weighted by atomic mass is 32.1. The van der Waals surface area contributed by atoms with E-state index in [-0.39, 0.29) is 11.9 Å². The first-order valence-electron chi connectivity index (χ1n) is 5.92. The van der Waals surface area contributed by atoms with Gasteiger partial charge in [-0.15, -0.1) is 11.3 Å². The lowest BCUT2D eigenvalue weighted by Gasteiger charge is -2.20. The number of nitrogens with zero attached hydrogens (tertiary/aromatic N) is 1. The van der Waals surface area contributed by atoms with Crippen molar-refractivity contribution < 1.29 is 9.59 Å². The zero-order valence-corrected chi connectivity index (χ0v) is 11.1. The minimum atomic E-state index is -0.500. The molecule has 0 spiro atoms. The Morgan fingerprint density at radius 1 is 1.56 bits per heavy atom. The van der Waals surface area contributed by atoms with E-state index in [0.717, 1.165) is 6.42 Å². The molecule has 1 saturated heterocycles. The summed E-state index contributed by atoms with van der Waals surface area (Å²) in [6.45, 7) is 3.32. The molecular formula is C12H17N3O2S. The third-order valence-corrected chi connectivity index (χ3v) is 4.27. The Bertz CT molecular complexity index is 472. The second-order valence-electron chi connectivity index (χ2n) is 4.71. The molecule has 18 heavy (non-hydrogen) atoms. The van der Waals surface area contributed by atoms with Crippen LogP contribution in [0.5, 0.6) is 0 Å². The summed E-state index contributed by atoms with van der Waals surface area (Å²) >= 11 is 1.26. The standard InChI is InChI=1S/C12H17N3O2S/c1-7-2-8(4-13)5-15(7)12(17)10-3-9(6-18-10)11(14)16/h3,6-8H,2,4-5,13H2,1H3,(H2,14,16). The van der Waals surface area contributed by atoms with Crippen LogP contribution in [0.4, 0.5) is 0 Å². The van der Waals surface area contributed by atoms with E-state index in [4.69, 9.17) is 11.5 Å². The number of carbonyl (C=O) groups excluding carboxylic acids is 2. The van der Waals surface area contributed by atoms with Gasteiger partial charge in [-0.1, -0.05) is 0 Å². The summed E-state index contributed by atoms with van der Waals surface area (Å²) < 4.78 is 0. The molecular weight excluding hydrogens is 250 g/mol. The van der Waals surface area contributed by atoms with E-state index in [1.807, 2.05) is 11.8 Å². The molecule has 4 N–H and O–H groups in total. The summed E-state index contributed by atoms with van der Waals surface area (Å²) in [5, 5.41) is 1.62. The number of rotatable bonds is 3. The monoisotopic (exact) mass is 267 g/mol. The molecule has 1 aromatic heterocycles. The van der Waals surface area contributed by atoms with Crippen molar-refractivity contribution in [1.82, 2.24) is 4.90 Å². The molecule has 0 saturated carbocycles. The van der Waals surface area contributed by atoms with Crippen molar-refractivity contribution in [2.24, 2.45) is 17.4 Å². The summed E-state index contributed by atoms with van der Waals surface area (Å²) in [4.78, 5) is 25.7. The van der Waals surface area contributed by atoms with Gasteiger partial charge in [-0.3, -0.25) is 9.59 Å². The lowest BCUT2D eigenvalue weighted by atomic mass is 10.1. The maximum Gasteiger partial charge on any atom is 0.264 e. The van der Waals surface area contributed by atoms with Crippen molar-refractivity contribution in [3.8, 4) is 0 Å². The molecule has 1 aliphatic rings. The maximum absolute atomic E-state index is 12.3. The van der Waals surface area contributed by atoms with Crippen LogP contribution >= 0.6 is 11.3 Å². The van der Waals surface area contributed by atoms with Gasteiger partial charge in [-0.25, -0.2) is 0 Å². The van der Waals surface area contributed by atoms with Crippen LogP contribution in [0.25, 0.3) is 0 Å². The van der Waals surface area contributed by atoms with E-state index in [1.165, 1.54) is 11.3 Å². The van der Waals surface area contributed by atoms with Gasteiger partial charge in [0.05, 0.1) is 10.4 Å². The van der Waals surface area contributed by atoms with Gasteiger partial charge < -0.3 is 16.4 Å². The van der Waals surface area contributed by atoms with Crippen LogP contribution in [0, 0.1) is 5.92 Å². The van der Waals surface area contributed by atoms with Gasteiger partial charge in [0.25, 0.3) is 5.91 Å². The minimum Gasteiger partial charge on any atom is -0.366 e. The number of carbonyl (C=O) groups is 2. The molecule has 2 atom stereocenters. The molecule has 6 heteroatoms. The molecule has 1 aromatic rings. The Balaban J connectivity index is 2.13. The SMILES string of the molecule is CC1CC(CN)CN1C(=O)c1cc(C(N)=O)cs1. The zero-order chi connectivity index (χ0) is 13.3. The smallest absolute Gasteiger partial charge is 0.264 e. The Morgan fingerprint density at radius 2 is 2.28 bits per heavy atom. The number of likely N-dealkylation sites (tertiary alicyclic amines) is 1. The number of amides is 2. The Labute approximate surface area is 110 Å². The van der Waals surface area contributed by atoms with Gasteiger partial charge in [-0.05, 0) is 31.9 Å². The normalized spacial score (nSPS) is 23.3. The van der Waals surface area contributed by atoms with Crippen molar-refractivity contribution in [2.45, 2.75) is 19.4 Å². The van der Waals surface area contributed by atoms with Crippen LogP contribution in [-0.2, 0) is 0 Å². The Kier molecular flexibility index (Phi) is 3.68. The second-order valence-corrected chi connectivity index (χ2v) is 5.62. The van der Waals surface area contributed by atoms with Crippen molar-refractivity contribution >= 4 is 23.2 Å². The molecule has 2 unspecified atom stereocenters. The van der Waals surface area contributed by atoms with Gasteiger partial charge in [0.15, 0.2) is 0 Å². The third kappa shape index (κ3) is 2.39. The van der Waals surface area contributed by atoms with E-state index in [1.54, 1.807) is 11.4 Å². The quantitative estimate of drug-likeness (QED) is 0.843. The Morgan fingerprint density at radius 3 is 2.78 bits per heavy atom. The molecule has 1 aliphatic heterocycles. The molecule has 1 fully saturated rings. The van der Waals surface area contributed by atoms with Gasteiger partial charge in [-0.2, -0.15) is 0 Å². The zero-order valence-electron chi connectivity index (χ0n) is 10.3. The van der Waals surface area contributed by atoms with Crippen LogP contribution < -0.4 is 11.5 Å². The summed E-state index contributed by atoms with van der Waals surface area (Å²) in [6.07, 6.45) is 0.941. The molecule has 5 nitrogen and oxygen atoms in total. The van der Waals surface area contributed by atoms with Crippen molar-refractivity contribution in [3.63, 3.8) is 0 Å². The summed E-state index contributed by atoms with van der Waals surface area (Å²) in [7, 11) is 0. The van der Waals surface area contributed by atoms with E-state index < -0.39 is 5.91 Å². The van der Waals surface area contributed by atoms with Crippen LogP contribution in [0.2, 0.25) is 0 Å². The number of thiophene rings is 1. The molecule has 2 rings (SSSR count). The first-order valence-corrected chi connectivity index (χ1v) is 6.80. The van der Waals surface area contributed by atoms with Gasteiger partial charge in [0.1, 0.15) is 0 Å². The van der Waals surface area contributed by atoms with Gasteiger partial charge in [0, 0.05) is 18.0 Å². The molecule has 0 aromatic carbocycles. The predicted molar refractivity (Wildman–Crippen MR) is 70.5 cm³/mol. The highest BCUT2D eigenvalue weighted by Crippen LogP contribution is 2.26. The van der Waals surface area contributed by atoms with Crippen LogP contribution in [0.1, 0.15) is 33.4 Å². The highest BCUT2D eigenvalue weighted by Gasteiger charge is 2.32. The van der Waals surface area contributed by atoms with E-state index in [2.05, 4.69) is 0 Å². The Hall–Kier alpha value is -1.40. The highest BCUT2D eigenvalue weighted by molar-refractivity contribution is 7.12. The first kappa shape index (κ1) is 13.0. The number of primary amides is 1. The topological polar surface area (TPSA) is 89.4 Å². The fourth-order valence-corrected chi connectivity index (χ4v) is 3.17. The molecule has 0 aliphatic carbocycles. The van der Waals surface area contributed by atoms with Crippen LogP contribution in [0.3, 0.4) is 0 Å². The van der Waals surface area contributed by atoms with Crippen LogP contribution in [0.15, 0.2) is 11.4 Å². The van der Waals surface area contributed by atoms with Crippen LogP contribution in [-0.4, -0.2) is 35.8 Å². The molecule has 0 bridgehead atoms. The molecule has 2 heterocycles. The van der Waals surface area contributed by atoms with Crippen molar-refractivity contribution in [1.29, 1.82) is 0 Å². The average Bonchev–Trinajstić information content (AvgIpc) is 2.94. The maximum atomic E-state index is 12.3. The number of nitrogens with two attached hydrogens (primary N) is 2. The predicted octanol–water partition coefficient (Wildman–Crippen LogP) is 0.656. The third-order valence-electron chi connectivity index (χ3n) is 3.35. The molecule has 2 amide bonds. The number of hydrogen-bond donors (Lipinski definition) is 2. The fourth-order valence-electron chi connectivity index (χ4n) is 2.32. The van der Waals surface area contributed by atoms with Crippen molar-refractivity contribution in [3.05, 3.63) is 21.9 Å². The largest absolute Gasteiger partial charge is 0.366 e. The number of hydrogen-bond acceptors (Lipinski definition) is 4. The van der Waals surface area contributed by atoms with Crippen molar-refractivity contribution in [2.75, 3.05) is 13.1 Å². The van der Waals surface area contributed by atoms with E-state index >= 15 is 0 Å². The summed E-state index contributed by atoms with van der Waals surface area (Å²) in [5.41, 5.74) is 11.2. The molecule has 0 radical (unpaired) electrons. The minimum absolute atomic E-state index is 0.0315. The van der Waals surface area contributed by atoms with Gasteiger partial charge >= 0.3 is 0 Å². The lowest BCUT2D eigenvalue weighted by molar-refractivity contribution is 0.0748. The van der Waals surface area contributed by atoms with E-state index in [9.17, 15) is 9.59 Å². The second kappa shape index (κ2) is 5.07. The lowest BCUT2D eigenvalue weighted by Crippen LogP contribution is -2.34. The fraction of sp³-hybridized carbons (Fsp3) is 0.500. The molecule has 98 valence electrons.